The van der Waals surface area contributed by atoms with Crippen molar-refractivity contribution in [1.82, 2.24) is 14.8 Å². The Bertz CT molecular complexity index is 835. The molecule has 1 aliphatic heterocycles. The molecule has 2 fully saturated rings. The van der Waals surface area contributed by atoms with Crippen LogP contribution in [-0.4, -0.2) is 39.4 Å². The number of piperidine rings is 1. The van der Waals surface area contributed by atoms with Crippen LogP contribution >= 0.6 is 11.8 Å². The summed E-state index contributed by atoms with van der Waals surface area (Å²) >= 11 is 1.53. The molecule has 1 saturated carbocycles. The van der Waals surface area contributed by atoms with E-state index in [1.807, 2.05) is 26.0 Å². The van der Waals surface area contributed by atoms with Crippen molar-refractivity contribution in [3.8, 4) is 0 Å². The maximum absolute atomic E-state index is 12.7. The van der Waals surface area contributed by atoms with Gasteiger partial charge in [-0.05, 0) is 57.1 Å². The molecule has 1 aromatic carbocycles. The number of hydrogen-bond acceptors (Lipinski definition) is 5. The fraction of sp³-hybridized carbons (Fsp3) is 0.571. The number of thioether (sulfide) groups is 1. The molecular weight excluding hydrogens is 356 g/mol. The smallest absolute Gasteiger partial charge is 0.228 e. The SMILES string of the molecule is Cc1ccc(C)c(C(=O)CSc2nnc(N3CCC(C)CC3)n2C2CC2)c1. The molecule has 6 heteroatoms. The van der Waals surface area contributed by atoms with E-state index in [1.54, 1.807) is 0 Å². The minimum atomic E-state index is 0.167. The number of Topliss-reactive ketones (excluding diaryl/α,β-unsaturated/α-hetero) is 1. The number of aromatic nitrogens is 3. The molecule has 1 aromatic heterocycles. The number of anilines is 1. The number of aryl methyl sites for hydroxylation is 2. The van der Waals surface area contributed by atoms with Gasteiger partial charge in [-0.3, -0.25) is 9.36 Å². The first-order chi connectivity index (χ1) is 13.0. The third-order valence-electron chi connectivity index (χ3n) is 5.65. The van der Waals surface area contributed by atoms with Crippen LogP contribution in [0.3, 0.4) is 0 Å². The summed E-state index contributed by atoms with van der Waals surface area (Å²) in [5.74, 6) is 2.38. The highest BCUT2D eigenvalue weighted by molar-refractivity contribution is 7.99. The van der Waals surface area contributed by atoms with E-state index in [9.17, 15) is 4.79 Å². The molecule has 1 saturated heterocycles. The Morgan fingerprint density at radius 1 is 1.15 bits per heavy atom. The topological polar surface area (TPSA) is 51.0 Å². The van der Waals surface area contributed by atoms with Gasteiger partial charge in [-0.25, -0.2) is 0 Å². The molecule has 0 radical (unpaired) electrons. The predicted molar refractivity (Wildman–Crippen MR) is 110 cm³/mol. The van der Waals surface area contributed by atoms with Crippen LogP contribution < -0.4 is 4.90 Å². The quantitative estimate of drug-likeness (QED) is 0.544. The van der Waals surface area contributed by atoms with E-state index in [0.717, 1.165) is 46.8 Å². The Balaban J connectivity index is 1.49. The van der Waals surface area contributed by atoms with Crippen molar-refractivity contribution in [3.63, 3.8) is 0 Å². The summed E-state index contributed by atoms with van der Waals surface area (Å²) in [6.45, 7) is 8.46. The Morgan fingerprint density at radius 3 is 2.59 bits per heavy atom. The molecule has 0 unspecified atom stereocenters. The fourth-order valence-electron chi connectivity index (χ4n) is 3.69. The fourth-order valence-corrected chi connectivity index (χ4v) is 4.57. The van der Waals surface area contributed by atoms with Gasteiger partial charge in [0, 0.05) is 24.7 Å². The van der Waals surface area contributed by atoms with E-state index in [4.69, 9.17) is 0 Å². The van der Waals surface area contributed by atoms with Crippen LogP contribution in [0.5, 0.6) is 0 Å². The van der Waals surface area contributed by atoms with E-state index >= 15 is 0 Å². The summed E-state index contributed by atoms with van der Waals surface area (Å²) < 4.78 is 2.29. The second-order valence-electron chi connectivity index (χ2n) is 8.08. The van der Waals surface area contributed by atoms with E-state index < -0.39 is 0 Å². The highest BCUT2D eigenvalue weighted by atomic mass is 32.2. The molecule has 5 nitrogen and oxygen atoms in total. The molecule has 4 rings (SSSR count). The average molecular weight is 385 g/mol. The Morgan fingerprint density at radius 2 is 1.89 bits per heavy atom. The number of carbonyl (C=O) groups is 1. The molecule has 2 aliphatic rings. The Hall–Kier alpha value is -1.82. The summed E-state index contributed by atoms with van der Waals surface area (Å²) in [6.07, 6.45) is 4.80. The first-order valence-corrected chi connectivity index (χ1v) is 10.9. The van der Waals surface area contributed by atoms with Crippen molar-refractivity contribution >= 4 is 23.5 Å². The number of carbonyl (C=O) groups excluding carboxylic acids is 1. The predicted octanol–water partition coefficient (Wildman–Crippen LogP) is 4.44. The molecule has 0 atom stereocenters. The normalized spacial score (nSPS) is 18.1. The zero-order chi connectivity index (χ0) is 19.0. The molecule has 2 heterocycles. The minimum absolute atomic E-state index is 0.167. The van der Waals surface area contributed by atoms with Gasteiger partial charge >= 0.3 is 0 Å². The number of rotatable bonds is 6. The number of ketones is 1. The largest absolute Gasteiger partial charge is 0.341 e. The Labute approximate surface area is 165 Å². The lowest BCUT2D eigenvalue weighted by molar-refractivity contribution is 0.102. The summed E-state index contributed by atoms with van der Waals surface area (Å²) in [4.78, 5) is 15.1. The molecule has 1 aliphatic carbocycles. The zero-order valence-electron chi connectivity index (χ0n) is 16.4. The van der Waals surface area contributed by atoms with Gasteiger partial charge in [-0.1, -0.05) is 36.4 Å². The standard InChI is InChI=1S/C21H28N4OS/c1-14-8-10-24(11-9-14)20-22-23-21(25(20)17-6-7-17)27-13-19(26)18-12-15(2)4-5-16(18)3/h4-5,12,14,17H,6-11,13H2,1-3H3. The lowest BCUT2D eigenvalue weighted by Crippen LogP contribution is -2.34. The number of benzene rings is 1. The van der Waals surface area contributed by atoms with Gasteiger partial charge in [0.05, 0.1) is 5.75 Å². The van der Waals surface area contributed by atoms with Crippen LogP contribution in [0.25, 0.3) is 0 Å². The summed E-state index contributed by atoms with van der Waals surface area (Å²) in [7, 11) is 0. The van der Waals surface area contributed by atoms with E-state index in [0.29, 0.717) is 11.8 Å². The molecule has 144 valence electrons. The van der Waals surface area contributed by atoms with Crippen LogP contribution in [0, 0.1) is 19.8 Å². The van der Waals surface area contributed by atoms with E-state index in [2.05, 4.69) is 32.7 Å². The monoisotopic (exact) mass is 384 g/mol. The summed E-state index contributed by atoms with van der Waals surface area (Å²) in [5, 5.41) is 9.87. The van der Waals surface area contributed by atoms with Crippen LogP contribution in [-0.2, 0) is 0 Å². The van der Waals surface area contributed by atoms with Crippen molar-refractivity contribution < 1.29 is 4.79 Å². The molecule has 2 aromatic rings. The average Bonchev–Trinajstić information content (AvgIpc) is 3.42. The highest BCUT2D eigenvalue weighted by Crippen LogP contribution is 2.41. The molecular formula is C21H28N4OS. The first kappa shape index (κ1) is 18.5. The van der Waals surface area contributed by atoms with E-state index in [-0.39, 0.29) is 5.78 Å². The third-order valence-corrected chi connectivity index (χ3v) is 6.59. The molecule has 0 N–H and O–H groups in total. The number of nitrogens with zero attached hydrogens (tertiary/aromatic N) is 4. The van der Waals surface area contributed by atoms with Crippen LogP contribution in [0.1, 0.15) is 60.1 Å². The van der Waals surface area contributed by atoms with E-state index in [1.165, 1.54) is 37.4 Å². The third kappa shape index (κ3) is 4.05. The van der Waals surface area contributed by atoms with Crippen molar-refractivity contribution in [1.29, 1.82) is 0 Å². The van der Waals surface area contributed by atoms with Gasteiger partial charge in [-0.2, -0.15) is 0 Å². The molecule has 27 heavy (non-hydrogen) atoms. The molecule has 0 amide bonds. The van der Waals surface area contributed by atoms with Crippen molar-refractivity contribution in [2.45, 2.75) is 57.7 Å². The van der Waals surface area contributed by atoms with Gasteiger partial charge in [0.1, 0.15) is 0 Å². The van der Waals surface area contributed by atoms with Crippen LogP contribution in [0.4, 0.5) is 5.95 Å². The van der Waals surface area contributed by atoms with Gasteiger partial charge < -0.3 is 4.90 Å². The van der Waals surface area contributed by atoms with Crippen molar-refractivity contribution in [3.05, 3.63) is 34.9 Å². The summed E-state index contributed by atoms with van der Waals surface area (Å²) in [5.41, 5.74) is 2.99. The van der Waals surface area contributed by atoms with Gasteiger partial charge in [-0.15, -0.1) is 10.2 Å². The molecule has 0 spiro atoms. The minimum Gasteiger partial charge on any atom is -0.341 e. The second-order valence-corrected chi connectivity index (χ2v) is 9.03. The van der Waals surface area contributed by atoms with Crippen molar-refractivity contribution in [2.75, 3.05) is 23.7 Å². The lowest BCUT2D eigenvalue weighted by atomic mass is 10.00. The Kier molecular flexibility index (Phi) is 5.26. The van der Waals surface area contributed by atoms with Crippen molar-refractivity contribution in [2.24, 2.45) is 5.92 Å². The zero-order valence-corrected chi connectivity index (χ0v) is 17.3. The molecule has 0 bridgehead atoms. The lowest BCUT2D eigenvalue weighted by Gasteiger charge is -2.31. The maximum atomic E-state index is 12.7. The van der Waals surface area contributed by atoms with Gasteiger partial charge in [0.25, 0.3) is 0 Å². The van der Waals surface area contributed by atoms with Crippen LogP contribution in [0.15, 0.2) is 23.4 Å². The second kappa shape index (κ2) is 7.66. The summed E-state index contributed by atoms with van der Waals surface area (Å²) in [6, 6.07) is 6.57. The maximum Gasteiger partial charge on any atom is 0.228 e. The van der Waals surface area contributed by atoms with Gasteiger partial charge in [0.15, 0.2) is 10.9 Å². The first-order valence-electron chi connectivity index (χ1n) is 9.96. The van der Waals surface area contributed by atoms with Crippen LogP contribution in [0.2, 0.25) is 0 Å². The number of hydrogen-bond donors (Lipinski definition) is 0. The highest BCUT2D eigenvalue weighted by Gasteiger charge is 2.32. The van der Waals surface area contributed by atoms with Gasteiger partial charge in [0.2, 0.25) is 5.95 Å².